The molecule has 9 heteroatoms. The number of hydrogen-bond acceptors (Lipinski definition) is 6. The first kappa shape index (κ1) is 27.4. The van der Waals surface area contributed by atoms with Crippen LogP contribution in [0.25, 0.3) is 11.4 Å². The number of nitrogens with one attached hydrogen (secondary N) is 3. The van der Waals surface area contributed by atoms with Crippen molar-refractivity contribution >= 4 is 40.9 Å². The van der Waals surface area contributed by atoms with Gasteiger partial charge >= 0.3 is 0 Å². The predicted molar refractivity (Wildman–Crippen MR) is 154 cm³/mol. The van der Waals surface area contributed by atoms with Gasteiger partial charge in [-0.1, -0.05) is 67.4 Å². The summed E-state index contributed by atoms with van der Waals surface area (Å²) in [5, 5.41) is 11.0. The van der Waals surface area contributed by atoms with E-state index in [2.05, 4.69) is 44.7 Å². The Hall–Kier alpha value is -3.68. The number of pyridine rings is 1. The van der Waals surface area contributed by atoms with Crippen LogP contribution in [0.3, 0.4) is 0 Å². The van der Waals surface area contributed by atoms with Crippen LogP contribution in [0.1, 0.15) is 31.4 Å². The highest BCUT2D eigenvalue weighted by molar-refractivity contribution is 6.30. The molecular formula is C29H30Cl2N6O. The van der Waals surface area contributed by atoms with Gasteiger partial charge in [0.25, 0.3) is 0 Å². The van der Waals surface area contributed by atoms with Crippen molar-refractivity contribution < 1.29 is 4.79 Å². The van der Waals surface area contributed by atoms with Crippen molar-refractivity contribution in [2.75, 3.05) is 10.6 Å². The third kappa shape index (κ3) is 8.16. The number of carbonyl (C=O) groups is 1. The molecule has 38 heavy (non-hydrogen) atoms. The number of amides is 1. The number of nitrogens with zero attached hydrogens (tertiary/aromatic N) is 3. The second-order valence-corrected chi connectivity index (χ2v) is 10.2. The van der Waals surface area contributed by atoms with E-state index in [0.29, 0.717) is 52.7 Å². The normalized spacial score (nSPS) is 11.7. The Morgan fingerprint density at radius 2 is 1.66 bits per heavy atom. The summed E-state index contributed by atoms with van der Waals surface area (Å²) in [6.07, 6.45) is 2.32. The summed E-state index contributed by atoms with van der Waals surface area (Å²) in [6.45, 7) is 5.07. The van der Waals surface area contributed by atoms with Gasteiger partial charge in [-0.25, -0.2) is 4.98 Å². The summed E-state index contributed by atoms with van der Waals surface area (Å²) in [6, 6.07) is 22.0. The van der Waals surface area contributed by atoms with Crippen LogP contribution >= 0.6 is 23.2 Å². The molecule has 0 fully saturated rings. The second-order valence-electron chi connectivity index (χ2n) is 9.33. The summed E-state index contributed by atoms with van der Waals surface area (Å²) in [4.78, 5) is 27.0. The van der Waals surface area contributed by atoms with Crippen LogP contribution < -0.4 is 16.0 Å². The van der Waals surface area contributed by atoms with Gasteiger partial charge in [0.1, 0.15) is 11.9 Å². The molecule has 2 heterocycles. The fourth-order valence-corrected chi connectivity index (χ4v) is 4.20. The van der Waals surface area contributed by atoms with Gasteiger partial charge in [-0.3, -0.25) is 9.78 Å². The van der Waals surface area contributed by atoms with Crippen molar-refractivity contribution in [3.63, 3.8) is 0 Å². The van der Waals surface area contributed by atoms with E-state index in [9.17, 15) is 4.79 Å². The Bertz CT molecular complexity index is 1350. The highest BCUT2D eigenvalue weighted by atomic mass is 35.5. The van der Waals surface area contributed by atoms with Crippen LogP contribution in [-0.4, -0.2) is 26.9 Å². The highest BCUT2D eigenvalue weighted by Gasteiger charge is 2.21. The number of aromatic nitrogens is 3. The maximum Gasteiger partial charge on any atom is 0.242 e. The van der Waals surface area contributed by atoms with E-state index < -0.39 is 6.04 Å². The number of hydrogen-bond donors (Lipinski definition) is 3. The summed E-state index contributed by atoms with van der Waals surface area (Å²) in [7, 11) is 0. The lowest BCUT2D eigenvalue weighted by molar-refractivity contribution is -0.122. The number of benzene rings is 2. The van der Waals surface area contributed by atoms with E-state index in [1.54, 1.807) is 6.20 Å². The maximum absolute atomic E-state index is 13.2. The molecule has 0 radical (unpaired) electrons. The third-order valence-corrected chi connectivity index (χ3v) is 6.21. The van der Waals surface area contributed by atoms with E-state index in [-0.39, 0.29) is 11.8 Å². The molecule has 4 rings (SSSR count). The molecule has 0 aliphatic carbocycles. The van der Waals surface area contributed by atoms with Gasteiger partial charge in [0.2, 0.25) is 11.9 Å². The lowest BCUT2D eigenvalue weighted by atomic mass is 10.0. The Balaban J connectivity index is 1.55. The molecule has 1 amide bonds. The van der Waals surface area contributed by atoms with E-state index in [1.807, 2.05) is 72.8 Å². The molecule has 0 aliphatic rings. The lowest BCUT2D eigenvalue weighted by Gasteiger charge is -2.21. The van der Waals surface area contributed by atoms with Gasteiger partial charge in [-0.15, -0.1) is 0 Å². The lowest BCUT2D eigenvalue weighted by Crippen LogP contribution is -2.40. The number of rotatable bonds is 11. The third-order valence-electron chi connectivity index (χ3n) is 5.72. The molecular weight excluding hydrogens is 519 g/mol. The molecule has 7 nitrogen and oxygen atoms in total. The minimum atomic E-state index is -0.526. The van der Waals surface area contributed by atoms with Gasteiger partial charge < -0.3 is 16.0 Å². The van der Waals surface area contributed by atoms with Gasteiger partial charge in [0.15, 0.2) is 0 Å². The van der Waals surface area contributed by atoms with E-state index in [1.165, 1.54) is 0 Å². The molecule has 4 aromatic rings. The Morgan fingerprint density at radius 3 is 2.37 bits per heavy atom. The van der Waals surface area contributed by atoms with Gasteiger partial charge in [-0.05, 0) is 59.9 Å². The standard InChI is InChI=1S/C29H30Cl2N6O/c1-19(2)14-26(28(38)34-17-20-9-11-22(30)12-10-20)36-29-35-25(24-8-3-4-13-32-24)16-27(37-29)33-18-21-6-5-7-23(31)15-21/h3-13,15-16,19,26H,14,17-18H2,1-2H3,(H,34,38)(H2,33,35,36,37)/t26-/m1/s1. The van der Waals surface area contributed by atoms with E-state index in [4.69, 9.17) is 23.2 Å². The summed E-state index contributed by atoms with van der Waals surface area (Å²) in [5.41, 5.74) is 3.33. The Kier molecular flexibility index (Phi) is 9.51. The molecule has 0 spiro atoms. The van der Waals surface area contributed by atoms with Crippen molar-refractivity contribution in [2.24, 2.45) is 5.92 Å². The molecule has 0 unspecified atom stereocenters. The smallest absolute Gasteiger partial charge is 0.242 e. The monoisotopic (exact) mass is 548 g/mol. The molecule has 2 aromatic carbocycles. The van der Waals surface area contributed by atoms with Crippen LogP contribution in [0, 0.1) is 5.92 Å². The van der Waals surface area contributed by atoms with Crippen molar-refractivity contribution in [2.45, 2.75) is 39.4 Å². The molecule has 0 bridgehead atoms. The minimum absolute atomic E-state index is 0.131. The summed E-state index contributed by atoms with van der Waals surface area (Å²) >= 11 is 12.1. The molecule has 0 saturated carbocycles. The van der Waals surface area contributed by atoms with Crippen LogP contribution in [-0.2, 0) is 17.9 Å². The first-order chi connectivity index (χ1) is 18.4. The molecule has 196 valence electrons. The molecule has 2 aromatic heterocycles. The first-order valence-electron chi connectivity index (χ1n) is 12.4. The number of carbonyl (C=O) groups excluding carboxylic acids is 1. The van der Waals surface area contributed by atoms with Crippen LogP contribution in [0.4, 0.5) is 11.8 Å². The molecule has 0 aliphatic heterocycles. The number of halogens is 2. The average molecular weight is 550 g/mol. The Labute approximate surface area is 233 Å². The average Bonchev–Trinajstić information content (AvgIpc) is 2.91. The van der Waals surface area contributed by atoms with Crippen LogP contribution in [0.5, 0.6) is 0 Å². The van der Waals surface area contributed by atoms with Gasteiger partial charge in [0.05, 0.1) is 11.4 Å². The van der Waals surface area contributed by atoms with Crippen molar-refractivity contribution in [3.05, 3.63) is 100 Å². The zero-order chi connectivity index (χ0) is 26.9. The van der Waals surface area contributed by atoms with Crippen LogP contribution in [0.2, 0.25) is 10.0 Å². The fourth-order valence-electron chi connectivity index (χ4n) is 3.86. The quantitative estimate of drug-likeness (QED) is 0.195. The van der Waals surface area contributed by atoms with Crippen molar-refractivity contribution in [3.8, 4) is 11.4 Å². The maximum atomic E-state index is 13.2. The predicted octanol–water partition coefficient (Wildman–Crippen LogP) is 6.60. The van der Waals surface area contributed by atoms with Crippen molar-refractivity contribution in [1.29, 1.82) is 0 Å². The van der Waals surface area contributed by atoms with Crippen LogP contribution in [0.15, 0.2) is 79.0 Å². The van der Waals surface area contributed by atoms with E-state index >= 15 is 0 Å². The number of anilines is 2. The molecule has 3 N–H and O–H groups in total. The Morgan fingerprint density at radius 1 is 0.842 bits per heavy atom. The summed E-state index contributed by atoms with van der Waals surface area (Å²) < 4.78 is 0. The SMILES string of the molecule is CC(C)C[C@@H](Nc1nc(NCc2cccc(Cl)c2)cc(-c2ccccn2)n1)C(=O)NCc1ccc(Cl)cc1. The molecule has 1 atom stereocenters. The topological polar surface area (TPSA) is 91.8 Å². The first-order valence-corrected chi connectivity index (χ1v) is 13.2. The second kappa shape index (κ2) is 13.2. The van der Waals surface area contributed by atoms with Gasteiger partial charge in [0, 0.05) is 35.4 Å². The van der Waals surface area contributed by atoms with Gasteiger partial charge in [-0.2, -0.15) is 4.98 Å². The largest absolute Gasteiger partial charge is 0.366 e. The van der Waals surface area contributed by atoms with E-state index in [0.717, 1.165) is 11.1 Å². The highest BCUT2D eigenvalue weighted by Crippen LogP contribution is 2.22. The molecule has 0 saturated heterocycles. The summed E-state index contributed by atoms with van der Waals surface area (Å²) in [5.74, 6) is 1.09. The fraction of sp³-hybridized carbons (Fsp3) is 0.241. The minimum Gasteiger partial charge on any atom is -0.366 e. The zero-order valence-corrected chi connectivity index (χ0v) is 22.8. The van der Waals surface area contributed by atoms with Crippen molar-refractivity contribution in [1.82, 2.24) is 20.3 Å². The zero-order valence-electron chi connectivity index (χ0n) is 21.3.